The van der Waals surface area contributed by atoms with Gasteiger partial charge in [-0.25, -0.2) is 0 Å². The molecule has 3 nitrogen and oxygen atoms in total. The SMILES string of the molecule is OC(Cc1ccncc1Cl)CC1CCCCO1. The van der Waals surface area contributed by atoms with E-state index in [4.69, 9.17) is 16.3 Å². The predicted molar refractivity (Wildman–Crippen MR) is 67.2 cm³/mol. The summed E-state index contributed by atoms with van der Waals surface area (Å²) < 4.78 is 5.61. The average molecular weight is 256 g/mol. The van der Waals surface area contributed by atoms with Crippen LogP contribution in [-0.2, 0) is 11.2 Å². The zero-order valence-electron chi connectivity index (χ0n) is 9.81. The molecule has 0 spiro atoms. The van der Waals surface area contributed by atoms with Gasteiger partial charge >= 0.3 is 0 Å². The molecule has 0 radical (unpaired) electrons. The molecule has 1 aliphatic rings. The number of aliphatic hydroxyl groups is 1. The van der Waals surface area contributed by atoms with Crippen molar-refractivity contribution in [2.24, 2.45) is 0 Å². The first kappa shape index (κ1) is 12.8. The number of halogens is 1. The highest BCUT2D eigenvalue weighted by molar-refractivity contribution is 6.31. The number of hydrogen-bond acceptors (Lipinski definition) is 3. The van der Waals surface area contributed by atoms with Crippen LogP contribution in [0.2, 0.25) is 5.02 Å². The van der Waals surface area contributed by atoms with E-state index in [2.05, 4.69) is 4.98 Å². The molecule has 1 fully saturated rings. The summed E-state index contributed by atoms with van der Waals surface area (Å²) in [7, 11) is 0. The number of aromatic nitrogens is 1. The van der Waals surface area contributed by atoms with Crippen LogP contribution in [-0.4, -0.2) is 28.9 Å². The van der Waals surface area contributed by atoms with Gasteiger partial charge in [0.05, 0.1) is 17.2 Å². The molecule has 0 aromatic carbocycles. The predicted octanol–water partition coefficient (Wildman–Crippen LogP) is 2.60. The Morgan fingerprint density at radius 1 is 1.53 bits per heavy atom. The summed E-state index contributed by atoms with van der Waals surface area (Å²) in [5.41, 5.74) is 0.949. The van der Waals surface area contributed by atoms with Gasteiger partial charge in [-0.1, -0.05) is 11.6 Å². The molecule has 94 valence electrons. The molecular weight excluding hydrogens is 238 g/mol. The minimum atomic E-state index is -0.391. The van der Waals surface area contributed by atoms with Crippen molar-refractivity contribution in [2.45, 2.75) is 44.3 Å². The van der Waals surface area contributed by atoms with Crippen molar-refractivity contribution >= 4 is 11.6 Å². The van der Waals surface area contributed by atoms with Gasteiger partial charge in [0.25, 0.3) is 0 Å². The Morgan fingerprint density at radius 3 is 3.12 bits per heavy atom. The van der Waals surface area contributed by atoms with Crippen LogP contribution in [0.25, 0.3) is 0 Å². The lowest BCUT2D eigenvalue weighted by molar-refractivity contribution is -0.0147. The highest BCUT2D eigenvalue weighted by Gasteiger charge is 2.18. The Bertz CT molecular complexity index is 353. The van der Waals surface area contributed by atoms with Gasteiger partial charge in [-0.3, -0.25) is 4.98 Å². The maximum absolute atomic E-state index is 10.0. The van der Waals surface area contributed by atoms with Crippen LogP contribution in [0.15, 0.2) is 18.5 Å². The Labute approximate surface area is 107 Å². The van der Waals surface area contributed by atoms with Crippen molar-refractivity contribution in [2.75, 3.05) is 6.61 Å². The molecule has 2 atom stereocenters. The molecule has 0 amide bonds. The van der Waals surface area contributed by atoms with E-state index in [9.17, 15) is 5.11 Å². The van der Waals surface area contributed by atoms with Crippen molar-refractivity contribution in [3.8, 4) is 0 Å². The number of ether oxygens (including phenoxy) is 1. The normalized spacial score (nSPS) is 22.4. The monoisotopic (exact) mass is 255 g/mol. The van der Waals surface area contributed by atoms with E-state index in [1.807, 2.05) is 6.07 Å². The van der Waals surface area contributed by atoms with E-state index in [1.54, 1.807) is 12.4 Å². The van der Waals surface area contributed by atoms with E-state index in [-0.39, 0.29) is 6.10 Å². The first-order chi connectivity index (χ1) is 8.25. The Balaban J connectivity index is 1.84. The molecule has 1 aromatic heterocycles. The lowest BCUT2D eigenvalue weighted by Gasteiger charge is -2.24. The van der Waals surface area contributed by atoms with Crippen LogP contribution in [0, 0.1) is 0 Å². The summed E-state index contributed by atoms with van der Waals surface area (Å²) >= 11 is 6.01. The molecule has 17 heavy (non-hydrogen) atoms. The van der Waals surface area contributed by atoms with Crippen molar-refractivity contribution in [3.05, 3.63) is 29.0 Å². The van der Waals surface area contributed by atoms with E-state index in [0.717, 1.165) is 25.0 Å². The molecule has 1 N–H and O–H groups in total. The zero-order chi connectivity index (χ0) is 12.1. The van der Waals surface area contributed by atoms with Crippen molar-refractivity contribution < 1.29 is 9.84 Å². The summed E-state index contributed by atoms with van der Waals surface area (Å²) in [6, 6.07) is 1.85. The van der Waals surface area contributed by atoms with Gasteiger partial charge in [-0.15, -0.1) is 0 Å². The number of hydrogen-bond donors (Lipinski definition) is 1. The molecule has 0 aliphatic carbocycles. The van der Waals surface area contributed by atoms with Gasteiger partial charge in [-0.2, -0.15) is 0 Å². The summed E-state index contributed by atoms with van der Waals surface area (Å²) in [6.07, 6.45) is 7.79. The second-order valence-electron chi connectivity index (χ2n) is 4.55. The van der Waals surface area contributed by atoms with E-state index in [1.165, 1.54) is 6.42 Å². The van der Waals surface area contributed by atoms with Gasteiger partial charge in [0, 0.05) is 25.4 Å². The Hall–Kier alpha value is -0.640. The number of pyridine rings is 1. The van der Waals surface area contributed by atoms with Gasteiger partial charge in [-0.05, 0) is 37.3 Å². The minimum absolute atomic E-state index is 0.208. The van der Waals surface area contributed by atoms with Crippen molar-refractivity contribution in [1.29, 1.82) is 0 Å². The fraction of sp³-hybridized carbons (Fsp3) is 0.615. The Kier molecular flexibility index (Phi) is 4.77. The number of aliphatic hydroxyl groups excluding tert-OH is 1. The molecule has 2 rings (SSSR count). The van der Waals surface area contributed by atoms with Crippen LogP contribution in [0.5, 0.6) is 0 Å². The second-order valence-corrected chi connectivity index (χ2v) is 4.96. The van der Waals surface area contributed by atoms with Gasteiger partial charge < -0.3 is 9.84 Å². The van der Waals surface area contributed by atoms with Crippen LogP contribution >= 0.6 is 11.6 Å². The maximum atomic E-state index is 10.0. The van der Waals surface area contributed by atoms with Crippen LogP contribution in [0.3, 0.4) is 0 Å². The summed E-state index contributed by atoms with van der Waals surface area (Å²) in [6.45, 7) is 0.827. The zero-order valence-corrected chi connectivity index (χ0v) is 10.6. The third kappa shape index (κ3) is 3.95. The topological polar surface area (TPSA) is 42.4 Å². The van der Waals surface area contributed by atoms with Crippen molar-refractivity contribution in [3.63, 3.8) is 0 Å². The molecule has 2 heterocycles. The highest BCUT2D eigenvalue weighted by atomic mass is 35.5. The van der Waals surface area contributed by atoms with Gasteiger partial charge in [0.15, 0.2) is 0 Å². The molecular formula is C13H18ClNO2. The smallest absolute Gasteiger partial charge is 0.0622 e. The number of rotatable bonds is 4. The largest absolute Gasteiger partial charge is 0.393 e. The average Bonchev–Trinajstić information content (AvgIpc) is 2.33. The summed E-state index contributed by atoms with van der Waals surface area (Å²) in [4.78, 5) is 3.93. The van der Waals surface area contributed by atoms with Gasteiger partial charge in [0.1, 0.15) is 0 Å². The fourth-order valence-electron chi connectivity index (χ4n) is 2.20. The Morgan fingerprint density at radius 2 is 2.41 bits per heavy atom. The standard InChI is InChI=1S/C13H18ClNO2/c14-13-9-15-5-4-10(13)7-11(16)8-12-3-1-2-6-17-12/h4-5,9,11-12,16H,1-3,6-8H2. The molecule has 1 aromatic rings. The summed E-state index contributed by atoms with van der Waals surface area (Å²) in [5.74, 6) is 0. The minimum Gasteiger partial charge on any atom is -0.393 e. The van der Waals surface area contributed by atoms with E-state index < -0.39 is 6.10 Å². The lowest BCUT2D eigenvalue weighted by Crippen LogP contribution is -2.25. The van der Waals surface area contributed by atoms with Crippen LogP contribution < -0.4 is 0 Å². The van der Waals surface area contributed by atoms with E-state index >= 15 is 0 Å². The molecule has 0 bridgehead atoms. The third-order valence-corrected chi connectivity index (χ3v) is 3.46. The van der Waals surface area contributed by atoms with E-state index in [0.29, 0.717) is 17.9 Å². The maximum Gasteiger partial charge on any atom is 0.0622 e. The van der Waals surface area contributed by atoms with Gasteiger partial charge in [0.2, 0.25) is 0 Å². The molecule has 1 aliphatic heterocycles. The fourth-order valence-corrected chi connectivity index (χ4v) is 2.40. The molecule has 1 saturated heterocycles. The molecule has 0 saturated carbocycles. The molecule has 2 unspecified atom stereocenters. The highest BCUT2D eigenvalue weighted by Crippen LogP contribution is 2.21. The second kappa shape index (κ2) is 6.34. The first-order valence-corrected chi connectivity index (χ1v) is 6.51. The first-order valence-electron chi connectivity index (χ1n) is 6.14. The number of nitrogens with zero attached hydrogens (tertiary/aromatic N) is 1. The van der Waals surface area contributed by atoms with Crippen molar-refractivity contribution in [1.82, 2.24) is 4.98 Å². The summed E-state index contributed by atoms with van der Waals surface area (Å²) in [5, 5.41) is 10.6. The van der Waals surface area contributed by atoms with Crippen LogP contribution in [0.4, 0.5) is 0 Å². The molecule has 4 heteroatoms. The van der Waals surface area contributed by atoms with Crippen LogP contribution in [0.1, 0.15) is 31.2 Å². The third-order valence-electron chi connectivity index (χ3n) is 3.12. The lowest BCUT2D eigenvalue weighted by atomic mass is 9.99. The quantitative estimate of drug-likeness (QED) is 0.899.